The molecule has 1 fully saturated rings. The van der Waals surface area contributed by atoms with E-state index in [4.69, 9.17) is 21.4 Å². The molecule has 3 aromatic carbocycles. The van der Waals surface area contributed by atoms with Gasteiger partial charge in [-0.3, -0.25) is 9.48 Å². The van der Waals surface area contributed by atoms with Gasteiger partial charge in [-0.2, -0.15) is 5.10 Å². The minimum Gasteiger partial charge on any atom is -0.497 e. The topological polar surface area (TPSA) is 79.7 Å². The number of aryl methyl sites for hydroxylation is 1. The van der Waals surface area contributed by atoms with Crippen molar-refractivity contribution in [2.24, 2.45) is 0 Å². The number of likely N-dealkylation sites (tertiary alicyclic amines) is 1. The summed E-state index contributed by atoms with van der Waals surface area (Å²) in [5.74, 6) is 0.619. The van der Waals surface area contributed by atoms with E-state index in [0.717, 1.165) is 71.7 Å². The summed E-state index contributed by atoms with van der Waals surface area (Å²) in [7, 11) is 0.574. The van der Waals surface area contributed by atoms with Crippen LogP contribution in [0.15, 0.2) is 66.7 Å². The normalized spacial score (nSPS) is 16.0. The van der Waals surface area contributed by atoms with E-state index in [0.29, 0.717) is 23.7 Å². The summed E-state index contributed by atoms with van der Waals surface area (Å²) in [6.07, 6.45) is 6.20. The van der Waals surface area contributed by atoms with Crippen molar-refractivity contribution in [3.05, 3.63) is 94.1 Å². The number of benzene rings is 3. The standard InChI is InChI=1S/C35H40ClN5O3S/c1-44-29-12-9-25(10-13-29)23-37-35(42)28-8-5-7-26(21-28)30-22-27(11-14-32(30)36)34-31-24-40(45(2)43)20-15-33(31)41(38-34)19-6-18-39-16-3-4-17-39/h5,7-14,21-22H,3-4,6,15-20,23-24H2,1-2H3,(H,37,42). The van der Waals surface area contributed by atoms with Gasteiger partial charge in [0.05, 0.1) is 23.8 Å². The van der Waals surface area contributed by atoms with Crippen LogP contribution < -0.4 is 10.1 Å². The van der Waals surface area contributed by atoms with Crippen LogP contribution in [0.5, 0.6) is 5.75 Å². The Morgan fingerprint density at radius 2 is 1.80 bits per heavy atom. The number of nitrogens with zero attached hydrogens (tertiary/aromatic N) is 4. The summed E-state index contributed by atoms with van der Waals surface area (Å²) in [5, 5.41) is 8.76. The van der Waals surface area contributed by atoms with Gasteiger partial charge in [-0.1, -0.05) is 41.9 Å². The maximum absolute atomic E-state index is 13.1. The van der Waals surface area contributed by atoms with Gasteiger partial charge in [0.1, 0.15) is 5.75 Å². The van der Waals surface area contributed by atoms with Crippen LogP contribution in [0.1, 0.15) is 46.4 Å². The average Bonchev–Trinajstić information content (AvgIpc) is 3.72. The third-order valence-corrected chi connectivity index (χ3v) is 10.2. The van der Waals surface area contributed by atoms with E-state index in [1.807, 2.05) is 65.0 Å². The van der Waals surface area contributed by atoms with Gasteiger partial charge in [-0.25, -0.2) is 8.51 Å². The molecule has 1 saturated heterocycles. The van der Waals surface area contributed by atoms with Crippen molar-refractivity contribution in [3.63, 3.8) is 0 Å². The molecule has 0 saturated carbocycles. The van der Waals surface area contributed by atoms with Gasteiger partial charge < -0.3 is 15.0 Å². The molecule has 8 nitrogen and oxygen atoms in total. The van der Waals surface area contributed by atoms with Crippen LogP contribution in [0.4, 0.5) is 0 Å². The number of nitrogens with one attached hydrogen (secondary N) is 1. The lowest BCUT2D eigenvalue weighted by molar-refractivity contribution is 0.0951. The van der Waals surface area contributed by atoms with Crippen LogP contribution in [0, 0.1) is 0 Å². The minimum absolute atomic E-state index is 0.158. The fourth-order valence-electron chi connectivity index (χ4n) is 6.30. The predicted molar refractivity (Wildman–Crippen MR) is 181 cm³/mol. The Bertz CT molecular complexity index is 1680. The maximum atomic E-state index is 13.1. The molecule has 4 aromatic rings. The van der Waals surface area contributed by atoms with Gasteiger partial charge in [0, 0.05) is 71.8 Å². The Kier molecular flexibility index (Phi) is 10.00. The zero-order valence-electron chi connectivity index (χ0n) is 25.9. The number of fused-ring (bicyclic) bond motifs is 1. The van der Waals surface area contributed by atoms with Gasteiger partial charge in [0.15, 0.2) is 0 Å². The van der Waals surface area contributed by atoms with Crippen LogP contribution in [-0.4, -0.2) is 68.6 Å². The number of carbonyl (C=O) groups excluding carboxylic acids is 1. The summed E-state index contributed by atoms with van der Waals surface area (Å²) < 4.78 is 21.9. The molecule has 6 rings (SSSR count). The second kappa shape index (κ2) is 14.3. The van der Waals surface area contributed by atoms with Crippen molar-refractivity contribution < 1.29 is 13.7 Å². The number of ether oxygens (including phenoxy) is 1. The highest BCUT2D eigenvalue weighted by Crippen LogP contribution is 2.36. The van der Waals surface area contributed by atoms with Gasteiger partial charge >= 0.3 is 0 Å². The minimum atomic E-state index is -1.06. The monoisotopic (exact) mass is 645 g/mol. The predicted octanol–water partition coefficient (Wildman–Crippen LogP) is 5.95. The lowest BCUT2D eigenvalue weighted by atomic mass is 9.97. The first-order valence-corrected chi connectivity index (χ1v) is 17.5. The number of halogens is 1. The molecule has 0 aliphatic carbocycles. The molecule has 2 aliphatic heterocycles. The van der Waals surface area contributed by atoms with Crippen LogP contribution in [0.25, 0.3) is 22.4 Å². The van der Waals surface area contributed by atoms with E-state index in [9.17, 15) is 9.00 Å². The number of rotatable bonds is 11. The first kappa shape index (κ1) is 31.5. The molecular formula is C35H40ClN5O3S. The quantitative estimate of drug-likeness (QED) is 0.218. The van der Waals surface area contributed by atoms with Crippen molar-refractivity contribution in [3.8, 4) is 28.1 Å². The Balaban J connectivity index is 1.25. The van der Waals surface area contributed by atoms with E-state index in [1.165, 1.54) is 31.6 Å². The maximum Gasteiger partial charge on any atom is 0.251 e. The first-order valence-electron chi connectivity index (χ1n) is 15.6. The third-order valence-electron chi connectivity index (χ3n) is 8.79. The number of hydrogen-bond acceptors (Lipinski definition) is 5. The van der Waals surface area contributed by atoms with Crippen molar-refractivity contribution in [1.29, 1.82) is 0 Å². The summed E-state index contributed by atoms with van der Waals surface area (Å²) in [5.41, 5.74) is 7.48. The molecular weight excluding hydrogens is 606 g/mol. The lowest BCUT2D eigenvalue weighted by Gasteiger charge is -2.25. The second-order valence-corrected chi connectivity index (χ2v) is 13.5. The van der Waals surface area contributed by atoms with Crippen molar-refractivity contribution in [2.45, 2.75) is 45.3 Å². The molecule has 236 valence electrons. The Morgan fingerprint density at radius 1 is 1.00 bits per heavy atom. The average molecular weight is 646 g/mol. The van der Waals surface area contributed by atoms with Gasteiger partial charge in [0.25, 0.3) is 5.91 Å². The number of aromatic nitrogens is 2. The largest absolute Gasteiger partial charge is 0.497 e. The van der Waals surface area contributed by atoms with Crippen molar-refractivity contribution in [1.82, 2.24) is 24.3 Å². The second-order valence-electron chi connectivity index (χ2n) is 11.7. The Labute approximate surface area is 272 Å². The molecule has 2 aliphatic rings. The zero-order valence-corrected chi connectivity index (χ0v) is 27.5. The van der Waals surface area contributed by atoms with Gasteiger partial charge in [0.2, 0.25) is 0 Å². The molecule has 0 spiro atoms. The molecule has 45 heavy (non-hydrogen) atoms. The van der Waals surface area contributed by atoms with Gasteiger partial charge in [-0.05, 0) is 86.4 Å². The number of amides is 1. The third kappa shape index (κ3) is 7.33. The highest BCUT2D eigenvalue weighted by atomic mass is 35.5. The number of methoxy groups -OCH3 is 1. The molecule has 1 amide bonds. The SMILES string of the molecule is COc1ccc(CNC(=O)c2cccc(-c3cc(-c4nn(CCCN5CCCC5)c5c4CN(S(C)=O)CC5)ccc3Cl)c2)cc1. The van der Waals surface area contributed by atoms with Gasteiger partial charge in [-0.15, -0.1) is 0 Å². The molecule has 0 bridgehead atoms. The lowest BCUT2D eigenvalue weighted by Crippen LogP contribution is -2.32. The molecule has 1 atom stereocenters. The fraction of sp³-hybridized carbons (Fsp3) is 0.371. The van der Waals surface area contributed by atoms with E-state index in [2.05, 4.69) is 21.0 Å². The molecule has 1 unspecified atom stereocenters. The summed E-state index contributed by atoms with van der Waals surface area (Å²) in [6.45, 7) is 6.10. The number of carbonyl (C=O) groups is 1. The molecule has 1 N–H and O–H groups in total. The molecule has 3 heterocycles. The van der Waals surface area contributed by atoms with Crippen LogP contribution in [0.2, 0.25) is 5.02 Å². The summed E-state index contributed by atoms with van der Waals surface area (Å²) in [6, 6.07) is 21.2. The highest BCUT2D eigenvalue weighted by molar-refractivity contribution is 7.81. The van der Waals surface area contributed by atoms with E-state index in [-0.39, 0.29) is 5.91 Å². The van der Waals surface area contributed by atoms with E-state index >= 15 is 0 Å². The molecule has 10 heteroatoms. The Morgan fingerprint density at radius 3 is 2.56 bits per heavy atom. The van der Waals surface area contributed by atoms with Crippen molar-refractivity contribution in [2.75, 3.05) is 39.5 Å². The van der Waals surface area contributed by atoms with Crippen molar-refractivity contribution >= 4 is 28.5 Å². The zero-order chi connectivity index (χ0) is 31.3. The molecule has 0 radical (unpaired) electrons. The van der Waals surface area contributed by atoms with E-state index in [1.54, 1.807) is 13.4 Å². The van der Waals surface area contributed by atoms with Crippen LogP contribution in [-0.2, 0) is 37.0 Å². The molecule has 1 aromatic heterocycles. The number of hydrogen-bond donors (Lipinski definition) is 1. The summed E-state index contributed by atoms with van der Waals surface area (Å²) in [4.78, 5) is 15.6. The summed E-state index contributed by atoms with van der Waals surface area (Å²) >= 11 is 6.77. The fourth-order valence-corrected chi connectivity index (χ4v) is 7.19. The van der Waals surface area contributed by atoms with Crippen LogP contribution >= 0.6 is 11.6 Å². The first-order chi connectivity index (χ1) is 21.9. The van der Waals surface area contributed by atoms with E-state index < -0.39 is 11.0 Å². The smallest absolute Gasteiger partial charge is 0.251 e. The highest BCUT2D eigenvalue weighted by Gasteiger charge is 2.27. The Hall–Kier alpha value is -3.50. The van der Waals surface area contributed by atoms with Crippen LogP contribution in [0.3, 0.4) is 0 Å².